The van der Waals surface area contributed by atoms with E-state index in [-0.39, 0.29) is 0 Å². The van der Waals surface area contributed by atoms with Gasteiger partial charge in [0.25, 0.3) is 0 Å². The van der Waals surface area contributed by atoms with Gasteiger partial charge in [0.1, 0.15) is 6.33 Å². The molecule has 0 atom stereocenters. The summed E-state index contributed by atoms with van der Waals surface area (Å²) in [6.07, 6.45) is 4.80. The Bertz CT molecular complexity index is 248. The van der Waals surface area contributed by atoms with Crippen LogP contribution in [0.2, 0.25) is 0 Å². The first-order valence-electron chi connectivity index (χ1n) is 2.81. The molecule has 52 valence electrons. The molecule has 0 saturated heterocycles. The molecule has 0 spiro atoms. The second kappa shape index (κ2) is 2.91. The molecule has 0 aliphatic carbocycles. The molecular weight excluding hydrogens is 128 g/mol. The predicted octanol–water partition coefficient (Wildman–Crippen LogP) is 0.486. The number of aliphatic imine (C=N–C) groups is 1. The average molecular weight is 136 g/mol. The Morgan fingerprint density at radius 2 is 2.60 bits per heavy atom. The van der Waals surface area contributed by atoms with Gasteiger partial charge in [-0.2, -0.15) is 5.10 Å². The van der Waals surface area contributed by atoms with Crippen molar-refractivity contribution in [1.29, 1.82) is 0 Å². The minimum Gasteiger partial charge on any atom is -0.272 e. The first-order valence-corrected chi connectivity index (χ1v) is 2.81. The summed E-state index contributed by atoms with van der Waals surface area (Å²) in [7, 11) is 1.82. The lowest BCUT2D eigenvalue weighted by atomic mass is 10.6. The molecule has 0 aliphatic heterocycles. The molecule has 10 heavy (non-hydrogen) atoms. The zero-order valence-corrected chi connectivity index (χ0v) is 5.73. The van der Waals surface area contributed by atoms with Crippen molar-refractivity contribution in [1.82, 2.24) is 14.8 Å². The summed E-state index contributed by atoms with van der Waals surface area (Å²) in [5.41, 5.74) is 0. The van der Waals surface area contributed by atoms with E-state index < -0.39 is 0 Å². The lowest BCUT2D eigenvalue weighted by Gasteiger charge is -1.88. The van der Waals surface area contributed by atoms with Crippen LogP contribution in [0, 0.1) is 0 Å². The molecule has 0 unspecified atom stereocenters. The van der Waals surface area contributed by atoms with E-state index in [1.54, 1.807) is 17.0 Å². The van der Waals surface area contributed by atoms with Gasteiger partial charge in [0.2, 0.25) is 0 Å². The van der Waals surface area contributed by atoms with Gasteiger partial charge in [-0.15, -0.1) is 0 Å². The Morgan fingerprint density at radius 1 is 1.80 bits per heavy atom. The molecule has 0 fully saturated rings. The monoisotopic (exact) mass is 136 g/mol. The highest BCUT2D eigenvalue weighted by molar-refractivity contribution is 5.41. The third kappa shape index (κ3) is 1.28. The molecule has 0 bridgehead atoms. The molecule has 1 aromatic heterocycles. The fourth-order valence-electron chi connectivity index (χ4n) is 0.575. The van der Waals surface area contributed by atoms with E-state index >= 15 is 0 Å². The predicted molar refractivity (Wildman–Crippen MR) is 39.6 cm³/mol. The van der Waals surface area contributed by atoms with Gasteiger partial charge in [-0.3, -0.25) is 4.99 Å². The maximum absolute atomic E-state index is 3.93. The zero-order chi connectivity index (χ0) is 7.40. The maximum Gasteiger partial charge on any atom is 0.151 e. The van der Waals surface area contributed by atoms with E-state index in [0.29, 0.717) is 0 Å². The smallest absolute Gasteiger partial charge is 0.151 e. The molecule has 0 N–H and O–H groups in total. The van der Waals surface area contributed by atoms with Crippen molar-refractivity contribution in [3.63, 3.8) is 0 Å². The molecular formula is C6H8N4. The van der Waals surface area contributed by atoms with Crippen LogP contribution in [0.1, 0.15) is 5.82 Å². The first-order chi connectivity index (χ1) is 4.84. The van der Waals surface area contributed by atoms with Crippen LogP contribution >= 0.6 is 0 Å². The summed E-state index contributed by atoms with van der Waals surface area (Å²) in [5, 5.41) is 3.86. The van der Waals surface area contributed by atoms with Crippen LogP contribution in [0.15, 0.2) is 17.5 Å². The molecule has 4 heteroatoms. The van der Waals surface area contributed by atoms with Gasteiger partial charge in [-0.25, -0.2) is 9.67 Å². The van der Waals surface area contributed by atoms with Gasteiger partial charge in [-0.05, 0) is 6.72 Å². The van der Waals surface area contributed by atoms with Crippen LogP contribution in [0.5, 0.6) is 0 Å². The second-order valence-corrected chi connectivity index (χ2v) is 1.74. The number of rotatable bonds is 2. The largest absolute Gasteiger partial charge is 0.272 e. The first kappa shape index (κ1) is 6.67. The van der Waals surface area contributed by atoms with Crippen molar-refractivity contribution in [2.24, 2.45) is 12.0 Å². The van der Waals surface area contributed by atoms with Gasteiger partial charge in [0.05, 0.1) is 0 Å². The lowest BCUT2D eigenvalue weighted by Crippen LogP contribution is -1.92. The summed E-state index contributed by atoms with van der Waals surface area (Å²) in [6, 6.07) is 0. The molecule has 0 aromatic carbocycles. The molecule has 4 nitrogen and oxygen atoms in total. The Morgan fingerprint density at radius 3 is 3.10 bits per heavy atom. The van der Waals surface area contributed by atoms with Crippen molar-refractivity contribution in [2.45, 2.75) is 0 Å². The maximum atomic E-state index is 3.93. The fraction of sp³-hybridized carbons (Fsp3) is 0.167. The van der Waals surface area contributed by atoms with E-state index in [1.165, 1.54) is 6.33 Å². The van der Waals surface area contributed by atoms with E-state index in [4.69, 9.17) is 0 Å². The van der Waals surface area contributed by atoms with Gasteiger partial charge < -0.3 is 0 Å². The van der Waals surface area contributed by atoms with Gasteiger partial charge >= 0.3 is 0 Å². The number of hydrogen-bond acceptors (Lipinski definition) is 3. The molecule has 1 rings (SSSR count). The van der Waals surface area contributed by atoms with E-state index in [0.717, 1.165) is 5.82 Å². The highest BCUT2D eigenvalue weighted by Gasteiger charge is 1.90. The Labute approximate surface area is 58.9 Å². The van der Waals surface area contributed by atoms with E-state index in [9.17, 15) is 0 Å². The van der Waals surface area contributed by atoms with Crippen molar-refractivity contribution in [3.05, 3.63) is 18.4 Å². The summed E-state index contributed by atoms with van der Waals surface area (Å²) >= 11 is 0. The van der Waals surface area contributed by atoms with Crippen molar-refractivity contribution in [3.8, 4) is 0 Å². The summed E-state index contributed by atoms with van der Waals surface area (Å²) in [6.45, 7) is 3.30. The SMILES string of the molecule is C=N/C=C\c1ncnn1C. The molecule has 1 aromatic rings. The van der Waals surface area contributed by atoms with Crippen LogP contribution in [0.25, 0.3) is 6.08 Å². The number of aromatic nitrogens is 3. The highest BCUT2D eigenvalue weighted by Crippen LogP contribution is 1.92. The van der Waals surface area contributed by atoms with E-state index in [1.807, 2.05) is 7.05 Å². The van der Waals surface area contributed by atoms with Crippen molar-refractivity contribution in [2.75, 3.05) is 0 Å². The topological polar surface area (TPSA) is 43.1 Å². The normalized spacial score (nSPS) is 10.5. The Kier molecular flexibility index (Phi) is 1.94. The highest BCUT2D eigenvalue weighted by atomic mass is 15.3. The minimum absolute atomic E-state index is 0.771. The quantitative estimate of drug-likeness (QED) is 0.555. The second-order valence-electron chi connectivity index (χ2n) is 1.74. The van der Waals surface area contributed by atoms with Crippen LogP contribution in [-0.2, 0) is 7.05 Å². The number of hydrogen-bond donors (Lipinski definition) is 0. The number of aryl methyl sites for hydroxylation is 1. The standard InChI is InChI=1S/C6H8N4/c1-7-4-3-6-8-5-9-10(6)2/h3-5H,1H2,2H3/b4-3-. The van der Waals surface area contributed by atoms with Crippen LogP contribution in [-0.4, -0.2) is 21.5 Å². The van der Waals surface area contributed by atoms with Crippen molar-refractivity contribution >= 4 is 12.8 Å². The van der Waals surface area contributed by atoms with Crippen molar-refractivity contribution < 1.29 is 0 Å². The van der Waals surface area contributed by atoms with Crippen LogP contribution in [0.3, 0.4) is 0 Å². The fourth-order valence-corrected chi connectivity index (χ4v) is 0.575. The summed E-state index contributed by atoms with van der Waals surface area (Å²) < 4.78 is 1.65. The summed E-state index contributed by atoms with van der Waals surface area (Å²) in [4.78, 5) is 7.47. The molecule has 1 heterocycles. The third-order valence-electron chi connectivity index (χ3n) is 1.08. The molecule has 0 saturated carbocycles. The van der Waals surface area contributed by atoms with Crippen LogP contribution in [0.4, 0.5) is 0 Å². The Balaban J connectivity index is 2.83. The van der Waals surface area contributed by atoms with Crippen LogP contribution < -0.4 is 0 Å². The molecule has 0 radical (unpaired) electrons. The van der Waals surface area contributed by atoms with Gasteiger partial charge in [0, 0.05) is 19.3 Å². The zero-order valence-electron chi connectivity index (χ0n) is 5.73. The molecule has 0 aliphatic rings. The van der Waals surface area contributed by atoms with Gasteiger partial charge in [-0.1, -0.05) is 0 Å². The van der Waals surface area contributed by atoms with E-state index in [2.05, 4.69) is 21.8 Å². The number of nitrogens with zero attached hydrogens (tertiary/aromatic N) is 4. The lowest BCUT2D eigenvalue weighted by molar-refractivity contribution is 0.756. The molecule has 0 amide bonds. The average Bonchev–Trinajstić information content (AvgIpc) is 2.31. The summed E-state index contributed by atoms with van der Waals surface area (Å²) in [5.74, 6) is 0.771. The third-order valence-corrected chi connectivity index (χ3v) is 1.08. The van der Waals surface area contributed by atoms with Gasteiger partial charge in [0.15, 0.2) is 5.82 Å². The minimum atomic E-state index is 0.771. The Hall–Kier alpha value is -1.45.